The van der Waals surface area contributed by atoms with E-state index in [1.54, 1.807) is 36.5 Å². The maximum Gasteiger partial charge on any atom is 0.416 e. The van der Waals surface area contributed by atoms with Gasteiger partial charge < -0.3 is 14.8 Å². The molecule has 1 aliphatic rings. The minimum Gasteiger partial charge on any atom is -0.457 e. The van der Waals surface area contributed by atoms with Crippen molar-refractivity contribution < 1.29 is 27.4 Å². The van der Waals surface area contributed by atoms with Gasteiger partial charge in [0.2, 0.25) is 0 Å². The van der Waals surface area contributed by atoms with E-state index in [-0.39, 0.29) is 5.56 Å². The van der Waals surface area contributed by atoms with Gasteiger partial charge in [0, 0.05) is 37.0 Å². The number of carbonyl (C=O) groups excluding carboxylic acids is 1. The molecule has 0 bridgehead atoms. The lowest BCUT2D eigenvalue weighted by Crippen LogP contribution is -2.35. The van der Waals surface area contributed by atoms with Gasteiger partial charge in [-0.25, -0.2) is 4.98 Å². The highest BCUT2D eigenvalue weighted by atomic mass is 19.4. The predicted octanol–water partition coefficient (Wildman–Crippen LogP) is 5.53. The van der Waals surface area contributed by atoms with Crippen LogP contribution in [0, 0.1) is 0 Å². The van der Waals surface area contributed by atoms with E-state index in [0.717, 1.165) is 36.4 Å². The lowest BCUT2D eigenvalue weighted by molar-refractivity contribution is -0.137. The predicted molar refractivity (Wildman–Crippen MR) is 132 cm³/mol. The zero-order valence-electron chi connectivity index (χ0n) is 19.7. The largest absolute Gasteiger partial charge is 0.457 e. The van der Waals surface area contributed by atoms with Crippen molar-refractivity contribution in [1.29, 1.82) is 0 Å². The molecule has 1 saturated heterocycles. The average molecular weight is 509 g/mol. The second-order valence-corrected chi connectivity index (χ2v) is 8.56. The summed E-state index contributed by atoms with van der Waals surface area (Å²) >= 11 is 0. The number of morpholine rings is 1. The van der Waals surface area contributed by atoms with E-state index in [4.69, 9.17) is 14.5 Å². The summed E-state index contributed by atoms with van der Waals surface area (Å²) in [5.41, 5.74) is 1.80. The van der Waals surface area contributed by atoms with Gasteiger partial charge in [-0.1, -0.05) is 6.07 Å². The summed E-state index contributed by atoms with van der Waals surface area (Å²) in [5.74, 6) is 0.459. The van der Waals surface area contributed by atoms with Crippen LogP contribution >= 0.6 is 0 Å². The number of aromatic nitrogens is 2. The zero-order valence-corrected chi connectivity index (χ0v) is 19.7. The van der Waals surface area contributed by atoms with E-state index >= 15 is 0 Å². The number of carbonyl (C=O) groups is 1. The van der Waals surface area contributed by atoms with Crippen molar-refractivity contribution in [2.45, 2.75) is 12.7 Å². The molecule has 10 heteroatoms. The van der Waals surface area contributed by atoms with Crippen molar-refractivity contribution in [1.82, 2.24) is 14.9 Å². The Kier molecular flexibility index (Phi) is 7.02. The van der Waals surface area contributed by atoms with Crippen molar-refractivity contribution in [2.75, 3.05) is 31.6 Å². The Morgan fingerprint density at radius 3 is 2.49 bits per heavy atom. The highest BCUT2D eigenvalue weighted by molar-refractivity contribution is 6.04. The van der Waals surface area contributed by atoms with E-state index in [9.17, 15) is 18.0 Å². The molecule has 1 fully saturated rings. The maximum absolute atomic E-state index is 12.9. The Morgan fingerprint density at radius 2 is 1.73 bits per heavy atom. The van der Waals surface area contributed by atoms with Crippen molar-refractivity contribution in [3.05, 3.63) is 89.7 Å². The van der Waals surface area contributed by atoms with E-state index in [2.05, 4.69) is 15.2 Å². The van der Waals surface area contributed by atoms with Gasteiger partial charge in [-0.05, 0) is 54.6 Å². The van der Waals surface area contributed by atoms with Crippen LogP contribution in [0.2, 0.25) is 0 Å². The number of ether oxygens (including phenoxy) is 2. The van der Waals surface area contributed by atoms with Crippen LogP contribution in [0.25, 0.3) is 11.0 Å². The topological polar surface area (TPSA) is 76.6 Å². The average Bonchev–Trinajstić information content (AvgIpc) is 2.90. The molecule has 0 aliphatic carbocycles. The Balaban J connectivity index is 1.24. The van der Waals surface area contributed by atoms with Crippen LogP contribution in [-0.2, 0) is 17.5 Å². The fraction of sp³-hybridized carbons (Fsp3) is 0.222. The summed E-state index contributed by atoms with van der Waals surface area (Å²) in [6, 6.07) is 16.3. The van der Waals surface area contributed by atoms with Crippen LogP contribution in [-0.4, -0.2) is 47.1 Å². The van der Waals surface area contributed by atoms with Crippen LogP contribution in [0.1, 0.15) is 21.6 Å². The van der Waals surface area contributed by atoms with E-state index in [1.807, 2.05) is 12.1 Å². The second-order valence-electron chi connectivity index (χ2n) is 8.56. The molecule has 3 aromatic carbocycles. The molecule has 7 nitrogen and oxygen atoms in total. The van der Waals surface area contributed by atoms with Gasteiger partial charge in [-0.2, -0.15) is 13.2 Å². The van der Waals surface area contributed by atoms with Gasteiger partial charge in [0.05, 0.1) is 41.7 Å². The molecular formula is C27H23F3N4O3. The highest BCUT2D eigenvalue weighted by Crippen LogP contribution is 2.30. The van der Waals surface area contributed by atoms with Gasteiger partial charge in [0.15, 0.2) is 0 Å². The summed E-state index contributed by atoms with van der Waals surface area (Å²) in [5, 5.41) is 2.60. The van der Waals surface area contributed by atoms with Crippen molar-refractivity contribution >= 4 is 22.6 Å². The van der Waals surface area contributed by atoms with Crippen LogP contribution in [0.3, 0.4) is 0 Å². The minimum absolute atomic E-state index is 0.0829. The number of nitrogens with zero attached hydrogens (tertiary/aromatic N) is 3. The Hall–Kier alpha value is -4.02. The lowest BCUT2D eigenvalue weighted by Gasteiger charge is -2.26. The molecule has 0 saturated carbocycles. The molecule has 1 aliphatic heterocycles. The van der Waals surface area contributed by atoms with Gasteiger partial charge in [-0.3, -0.25) is 14.7 Å². The third kappa shape index (κ3) is 6.22. The number of anilines is 1. The number of rotatable bonds is 6. The lowest BCUT2D eigenvalue weighted by atomic mass is 10.1. The summed E-state index contributed by atoms with van der Waals surface area (Å²) < 4.78 is 50.1. The fourth-order valence-electron chi connectivity index (χ4n) is 3.94. The Bertz CT molecular complexity index is 1400. The first-order valence-electron chi connectivity index (χ1n) is 11.7. The molecule has 5 rings (SSSR count). The fourth-order valence-corrected chi connectivity index (χ4v) is 3.94. The van der Waals surface area contributed by atoms with E-state index in [0.29, 0.717) is 42.5 Å². The van der Waals surface area contributed by atoms with E-state index in [1.165, 1.54) is 12.1 Å². The second kappa shape index (κ2) is 10.5. The summed E-state index contributed by atoms with van der Waals surface area (Å²) in [4.78, 5) is 23.9. The zero-order chi connectivity index (χ0) is 25.8. The van der Waals surface area contributed by atoms with Crippen LogP contribution in [0.4, 0.5) is 18.9 Å². The maximum atomic E-state index is 12.9. The van der Waals surface area contributed by atoms with Crippen LogP contribution in [0.15, 0.2) is 72.9 Å². The standard InChI is InChI=1S/C27H23F3N4O3/c28-27(29,30)19-3-1-2-18(14-19)26(35)33-20-4-6-22(7-5-20)37-23-8-9-24-25(15-23)32-21(16-31-24)17-34-10-12-36-13-11-34/h1-9,14-16H,10-13,17H2,(H,33,35). The summed E-state index contributed by atoms with van der Waals surface area (Å²) in [6.45, 7) is 3.85. The first-order valence-corrected chi connectivity index (χ1v) is 11.7. The van der Waals surface area contributed by atoms with Gasteiger partial charge >= 0.3 is 6.18 Å². The first kappa shape index (κ1) is 24.7. The Morgan fingerprint density at radius 1 is 0.973 bits per heavy atom. The molecule has 4 aromatic rings. The quantitative estimate of drug-likeness (QED) is 0.369. The monoisotopic (exact) mass is 508 g/mol. The SMILES string of the molecule is O=C(Nc1ccc(Oc2ccc3ncc(CN4CCOCC4)nc3c2)cc1)c1cccc(C(F)(F)F)c1. The van der Waals surface area contributed by atoms with Gasteiger partial charge in [0.25, 0.3) is 5.91 Å². The Labute approximate surface area is 210 Å². The molecule has 0 unspecified atom stereocenters. The molecule has 37 heavy (non-hydrogen) atoms. The molecule has 2 heterocycles. The first-order chi connectivity index (χ1) is 17.8. The molecule has 0 atom stereocenters. The number of alkyl halides is 3. The number of fused-ring (bicyclic) bond motifs is 1. The molecular weight excluding hydrogens is 485 g/mol. The highest BCUT2D eigenvalue weighted by Gasteiger charge is 2.30. The van der Waals surface area contributed by atoms with Crippen LogP contribution in [0.5, 0.6) is 11.5 Å². The van der Waals surface area contributed by atoms with Crippen molar-refractivity contribution in [2.24, 2.45) is 0 Å². The number of benzene rings is 3. The summed E-state index contributed by atoms with van der Waals surface area (Å²) in [6.07, 6.45) is -2.74. The van der Waals surface area contributed by atoms with E-state index < -0.39 is 17.6 Å². The molecule has 1 aromatic heterocycles. The number of amides is 1. The number of hydrogen-bond donors (Lipinski definition) is 1. The number of halogens is 3. The molecule has 1 N–H and O–H groups in total. The van der Waals surface area contributed by atoms with Crippen molar-refractivity contribution in [3.63, 3.8) is 0 Å². The van der Waals surface area contributed by atoms with Gasteiger partial charge in [-0.15, -0.1) is 0 Å². The van der Waals surface area contributed by atoms with Gasteiger partial charge in [0.1, 0.15) is 11.5 Å². The molecule has 0 radical (unpaired) electrons. The van der Waals surface area contributed by atoms with Crippen molar-refractivity contribution in [3.8, 4) is 11.5 Å². The normalized spacial score (nSPS) is 14.5. The smallest absolute Gasteiger partial charge is 0.416 e. The molecule has 1 amide bonds. The molecule has 190 valence electrons. The van der Waals surface area contributed by atoms with Crippen LogP contribution < -0.4 is 10.1 Å². The molecule has 0 spiro atoms. The number of hydrogen-bond acceptors (Lipinski definition) is 6. The third-order valence-corrected chi connectivity index (χ3v) is 5.85. The third-order valence-electron chi connectivity index (χ3n) is 5.85. The number of nitrogens with one attached hydrogen (secondary N) is 1. The minimum atomic E-state index is -4.52. The summed E-state index contributed by atoms with van der Waals surface area (Å²) in [7, 11) is 0.